The van der Waals surface area contributed by atoms with Crippen LogP contribution in [0.5, 0.6) is 5.75 Å². The molecule has 0 radical (unpaired) electrons. The monoisotopic (exact) mass is 461 g/mol. The van der Waals surface area contributed by atoms with Gasteiger partial charge >= 0.3 is 0 Å². The molecule has 2 rings (SSSR count). The highest BCUT2D eigenvalue weighted by Gasteiger charge is 2.21. The lowest BCUT2D eigenvalue weighted by Crippen LogP contribution is -2.52. The van der Waals surface area contributed by atoms with Crippen molar-refractivity contribution in [2.24, 2.45) is 4.99 Å². The third-order valence-electron chi connectivity index (χ3n) is 4.28. The predicted molar refractivity (Wildman–Crippen MR) is 117 cm³/mol. The van der Waals surface area contributed by atoms with Crippen molar-refractivity contribution in [3.05, 3.63) is 24.3 Å². The molecule has 0 aliphatic carbocycles. The summed E-state index contributed by atoms with van der Waals surface area (Å²) in [6.45, 7) is 5.91. The maximum atomic E-state index is 5.48. The van der Waals surface area contributed by atoms with E-state index in [0.717, 1.165) is 57.4 Å². The molecule has 1 aliphatic rings. The van der Waals surface area contributed by atoms with E-state index in [1.165, 1.54) is 5.69 Å². The van der Waals surface area contributed by atoms with Gasteiger partial charge in [-0.1, -0.05) is 12.1 Å². The Morgan fingerprint density at radius 3 is 2.48 bits per heavy atom. The SMILES string of the molecule is CN=C(NCCCN(C)C)N1CCN(c2ccccc2OC)CC1.I. The van der Waals surface area contributed by atoms with Crippen LogP contribution in [0.2, 0.25) is 0 Å². The first-order valence-electron chi connectivity index (χ1n) is 8.64. The van der Waals surface area contributed by atoms with Gasteiger partial charge in [0.25, 0.3) is 0 Å². The van der Waals surface area contributed by atoms with Crippen molar-refractivity contribution < 1.29 is 4.74 Å². The first-order valence-corrected chi connectivity index (χ1v) is 8.64. The van der Waals surface area contributed by atoms with Gasteiger partial charge < -0.3 is 24.8 Å². The average Bonchev–Trinajstić information content (AvgIpc) is 2.62. The van der Waals surface area contributed by atoms with Gasteiger partial charge in [0.05, 0.1) is 12.8 Å². The number of rotatable bonds is 6. The summed E-state index contributed by atoms with van der Waals surface area (Å²) in [5, 5.41) is 3.48. The van der Waals surface area contributed by atoms with Crippen LogP contribution in [0.3, 0.4) is 0 Å². The van der Waals surface area contributed by atoms with Gasteiger partial charge in [-0.2, -0.15) is 0 Å². The van der Waals surface area contributed by atoms with Crippen LogP contribution in [0, 0.1) is 0 Å². The number of para-hydroxylation sites is 2. The Morgan fingerprint density at radius 1 is 1.20 bits per heavy atom. The van der Waals surface area contributed by atoms with Crippen molar-refractivity contribution in [3.63, 3.8) is 0 Å². The Hall–Kier alpha value is -1.22. The number of nitrogens with one attached hydrogen (secondary N) is 1. The molecule has 1 N–H and O–H groups in total. The maximum absolute atomic E-state index is 5.48. The highest BCUT2D eigenvalue weighted by molar-refractivity contribution is 14.0. The molecule has 0 amide bonds. The zero-order valence-electron chi connectivity index (χ0n) is 15.9. The number of hydrogen-bond acceptors (Lipinski definition) is 4. The Balaban J connectivity index is 0.00000312. The van der Waals surface area contributed by atoms with E-state index >= 15 is 0 Å². The highest BCUT2D eigenvalue weighted by atomic mass is 127. The fourth-order valence-corrected chi connectivity index (χ4v) is 2.98. The van der Waals surface area contributed by atoms with Crippen LogP contribution in [0.25, 0.3) is 0 Å². The minimum Gasteiger partial charge on any atom is -0.495 e. The molecule has 0 aromatic heterocycles. The van der Waals surface area contributed by atoms with Gasteiger partial charge in [0.15, 0.2) is 5.96 Å². The number of hydrogen-bond donors (Lipinski definition) is 1. The number of piperazine rings is 1. The molecule has 1 aromatic rings. The summed E-state index contributed by atoms with van der Waals surface area (Å²) in [6, 6.07) is 8.23. The molecule has 1 heterocycles. The molecule has 0 atom stereocenters. The van der Waals surface area contributed by atoms with Gasteiger partial charge in [-0.05, 0) is 39.2 Å². The first-order chi connectivity index (χ1) is 11.7. The van der Waals surface area contributed by atoms with E-state index in [9.17, 15) is 0 Å². The number of benzene rings is 1. The standard InChI is InChI=1S/C18H31N5O.HI/c1-19-18(20-10-7-11-21(2)3)23-14-12-22(13-15-23)16-8-5-6-9-17(16)24-4;/h5-6,8-9H,7,10-15H2,1-4H3,(H,19,20);1H. The summed E-state index contributed by atoms with van der Waals surface area (Å²) in [5.74, 6) is 1.95. The summed E-state index contributed by atoms with van der Waals surface area (Å²) in [5.41, 5.74) is 1.17. The van der Waals surface area contributed by atoms with E-state index in [1.807, 2.05) is 19.2 Å². The summed E-state index contributed by atoms with van der Waals surface area (Å²) in [7, 11) is 7.80. The number of aliphatic imine (C=N–C) groups is 1. The van der Waals surface area contributed by atoms with Gasteiger partial charge in [-0.25, -0.2) is 0 Å². The average molecular weight is 461 g/mol. The number of anilines is 1. The third kappa shape index (κ3) is 6.54. The molecular weight excluding hydrogens is 429 g/mol. The fourth-order valence-electron chi connectivity index (χ4n) is 2.98. The van der Waals surface area contributed by atoms with Crippen molar-refractivity contribution in [1.29, 1.82) is 0 Å². The van der Waals surface area contributed by atoms with Crippen LogP contribution in [0.4, 0.5) is 5.69 Å². The molecule has 0 spiro atoms. The predicted octanol–water partition coefficient (Wildman–Crippen LogP) is 1.96. The van der Waals surface area contributed by atoms with Crippen LogP contribution in [0.1, 0.15) is 6.42 Å². The van der Waals surface area contributed by atoms with Crippen molar-refractivity contribution in [1.82, 2.24) is 15.1 Å². The van der Waals surface area contributed by atoms with Gasteiger partial charge in [-0.3, -0.25) is 4.99 Å². The first kappa shape index (κ1) is 21.8. The summed E-state index contributed by atoms with van der Waals surface area (Å²) in [6.07, 6.45) is 1.12. The van der Waals surface area contributed by atoms with Gasteiger partial charge in [0.1, 0.15) is 5.75 Å². The fraction of sp³-hybridized carbons (Fsp3) is 0.611. The lowest BCUT2D eigenvalue weighted by Gasteiger charge is -2.38. The van der Waals surface area contributed by atoms with Crippen molar-refractivity contribution in [3.8, 4) is 5.75 Å². The Labute approximate surface area is 169 Å². The van der Waals surface area contributed by atoms with E-state index in [1.54, 1.807) is 7.11 Å². The third-order valence-corrected chi connectivity index (χ3v) is 4.28. The lowest BCUT2D eigenvalue weighted by atomic mass is 10.2. The lowest BCUT2D eigenvalue weighted by molar-refractivity contribution is 0.362. The second-order valence-electron chi connectivity index (χ2n) is 6.28. The summed E-state index contributed by atoms with van der Waals surface area (Å²) >= 11 is 0. The number of methoxy groups -OCH3 is 1. The second-order valence-corrected chi connectivity index (χ2v) is 6.28. The zero-order chi connectivity index (χ0) is 17.4. The molecule has 1 aromatic carbocycles. The molecule has 7 heteroatoms. The normalized spacial score (nSPS) is 15.2. The topological polar surface area (TPSA) is 43.3 Å². The van der Waals surface area contributed by atoms with Crippen LogP contribution in [-0.4, -0.2) is 83.3 Å². The van der Waals surface area contributed by atoms with Gasteiger partial charge in [0.2, 0.25) is 0 Å². The van der Waals surface area contributed by atoms with Crippen molar-refractivity contribution in [2.75, 3.05) is 72.4 Å². The van der Waals surface area contributed by atoms with Gasteiger partial charge in [-0.15, -0.1) is 24.0 Å². The van der Waals surface area contributed by atoms with Gasteiger partial charge in [0, 0.05) is 39.8 Å². The minimum absolute atomic E-state index is 0. The largest absolute Gasteiger partial charge is 0.495 e. The number of nitrogens with zero attached hydrogens (tertiary/aromatic N) is 4. The molecule has 142 valence electrons. The number of halogens is 1. The molecule has 1 saturated heterocycles. The number of ether oxygens (including phenoxy) is 1. The molecule has 0 saturated carbocycles. The number of guanidine groups is 1. The van der Waals surface area contributed by atoms with E-state index in [4.69, 9.17) is 4.74 Å². The van der Waals surface area contributed by atoms with Crippen molar-refractivity contribution in [2.45, 2.75) is 6.42 Å². The van der Waals surface area contributed by atoms with Crippen LogP contribution >= 0.6 is 24.0 Å². The maximum Gasteiger partial charge on any atom is 0.193 e. The van der Waals surface area contributed by atoms with Crippen LogP contribution in [-0.2, 0) is 0 Å². The Morgan fingerprint density at radius 2 is 1.88 bits per heavy atom. The molecule has 0 bridgehead atoms. The van der Waals surface area contributed by atoms with E-state index in [0.29, 0.717) is 0 Å². The molecule has 0 unspecified atom stereocenters. The minimum atomic E-state index is 0. The van der Waals surface area contributed by atoms with Crippen LogP contribution in [0.15, 0.2) is 29.3 Å². The van der Waals surface area contributed by atoms with E-state index in [2.05, 4.69) is 51.2 Å². The smallest absolute Gasteiger partial charge is 0.193 e. The summed E-state index contributed by atoms with van der Waals surface area (Å²) in [4.78, 5) is 11.4. The van der Waals surface area contributed by atoms with E-state index in [-0.39, 0.29) is 24.0 Å². The zero-order valence-corrected chi connectivity index (χ0v) is 18.2. The molecule has 1 aliphatic heterocycles. The quantitative estimate of drug-likeness (QED) is 0.304. The highest BCUT2D eigenvalue weighted by Crippen LogP contribution is 2.28. The van der Waals surface area contributed by atoms with Crippen LogP contribution < -0.4 is 15.0 Å². The molecular formula is C18H32IN5O. The molecule has 6 nitrogen and oxygen atoms in total. The van der Waals surface area contributed by atoms with E-state index < -0.39 is 0 Å². The second kappa shape index (κ2) is 11.4. The molecule has 25 heavy (non-hydrogen) atoms. The summed E-state index contributed by atoms with van der Waals surface area (Å²) < 4.78 is 5.48. The van der Waals surface area contributed by atoms with Crippen molar-refractivity contribution >= 4 is 35.6 Å². The Bertz CT molecular complexity index is 530. The molecule has 1 fully saturated rings. The Kier molecular flexibility index (Phi) is 9.96.